The molecule has 0 aliphatic heterocycles. The maximum atomic E-state index is 9.81. The summed E-state index contributed by atoms with van der Waals surface area (Å²) in [5.74, 6) is 0.787. The highest BCUT2D eigenvalue weighted by molar-refractivity contribution is 5.39. The molecular formula is C10H11O3. The van der Waals surface area contributed by atoms with Gasteiger partial charge in [0.1, 0.15) is 12.4 Å². The molecule has 1 aromatic carbocycles. The minimum atomic E-state index is 0.240. The molecule has 0 saturated carbocycles. The third kappa shape index (κ3) is 3.15. The first-order chi connectivity index (χ1) is 6.36. The molecule has 69 valence electrons. The van der Waals surface area contributed by atoms with Crippen LogP contribution in [-0.2, 0) is 16.1 Å². The average Bonchev–Trinajstić information content (AvgIpc) is 2.16. The largest absolute Gasteiger partial charge is 0.494 e. The molecule has 13 heavy (non-hydrogen) atoms. The minimum absolute atomic E-state index is 0.240. The Morgan fingerprint density at radius 3 is 3.00 bits per heavy atom. The molecule has 1 aromatic rings. The van der Waals surface area contributed by atoms with Crippen molar-refractivity contribution in [1.82, 2.24) is 0 Å². The van der Waals surface area contributed by atoms with Gasteiger partial charge in [0.05, 0.1) is 6.61 Å². The summed E-state index contributed by atoms with van der Waals surface area (Å²) in [5.41, 5.74) is 0.898. The van der Waals surface area contributed by atoms with E-state index in [1.54, 1.807) is 0 Å². The number of hydrogen-bond donors (Lipinski definition) is 0. The van der Waals surface area contributed by atoms with Gasteiger partial charge in [-0.15, -0.1) is 0 Å². The predicted molar refractivity (Wildman–Crippen MR) is 48.1 cm³/mol. The molecule has 0 fully saturated rings. The van der Waals surface area contributed by atoms with Crippen LogP contribution in [0.4, 0.5) is 0 Å². The zero-order valence-electron chi connectivity index (χ0n) is 7.45. The summed E-state index contributed by atoms with van der Waals surface area (Å²) in [4.78, 5) is 9.81. The number of carbonyl (C=O) groups excluding carboxylic acids is 1. The fourth-order valence-electron chi connectivity index (χ4n) is 1.00. The van der Waals surface area contributed by atoms with Gasteiger partial charge in [0.25, 0.3) is 0 Å². The highest BCUT2D eigenvalue weighted by atomic mass is 16.5. The van der Waals surface area contributed by atoms with Gasteiger partial charge in [0.2, 0.25) is 0 Å². The first-order valence-corrected chi connectivity index (χ1v) is 4.07. The first-order valence-electron chi connectivity index (χ1n) is 4.07. The molecule has 0 saturated heterocycles. The van der Waals surface area contributed by atoms with Crippen molar-refractivity contribution in [2.75, 3.05) is 6.61 Å². The topological polar surface area (TPSA) is 35.5 Å². The summed E-state index contributed by atoms with van der Waals surface area (Å²) >= 11 is 0. The average molecular weight is 179 g/mol. The Bertz CT molecular complexity index is 271. The van der Waals surface area contributed by atoms with Crippen molar-refractivity contribution in [3.63, 3.8) is 0 Å². The van der Waals surface area contributed by atoms with E-state index in [0.29, 0.717) is 6.61 Å². The van der Waals surface area contributed by atoms with E-state index in [9.17, 15) is 4.79 Å². The Hall–Kier alpha value is -1.51. The highest BCUT2D eigenvalue weighted by Crippen LogP contribution is 2.13. The summed E-state index contributed by atoms with van der Waals surface area (Å²) in [5, 5.41) is 0. The van der Waals surface area contributed by atoms with Crippen molar-refractivity contribution in [3.05, 3.63) is 29.8 Å². The van der Waals surface area contributed by atoms with Gasteiger partial charge in [-0.3, -0.25) is 0 Å². The molecule has 0 amide bonds. The third-order valence-electron chi connectivity index (χ3n) is 1.51. The van der Waals surface area contributed by atoms with Crippen LogP contribution in [0.5, 0.6) is 5.75 Å². The van der Waals surface area contributed by atoms with Gasteiger partial charge in [-0.05, 0) is 24.6 Å². The van der Waals surface area contributed by atoms with Gasteiger partial charge in [0, 0.05) is 0 Å². The van der Waals surface area contributed by atoms with Crippen molar-refractivity contribution in [3.8, 4) is 5.75 Å². The lowest BCUT2D eigenvalue weighted by Crippen LogP contribution is -1.94. The molecule has 0 aromatic heterocycles. The van der Waals surface area contributed by atoms with Crippen LogP contribution in [0.2, 0.25) is 0 Å². The van der Waals surface area contributed by atoms with E-state index >= 15 is 0 Å². The van der Waals surface area contributed by atoms with Gasteiger partial charge in [0.15, 0.2) is 0 Å². The van der Waals surface area contributed by atoms with E-state index in [4.69, 9.17) is 4.74 Å². The zero-order chi connectivity index (χ0) is 9.52. The van der Waals surface area contributed by atoms with Crippen molar-refractivity contribution in [2.45, 2.75) is 13.5 Å². The van der Waals surface area contributed by atoms with Crippen LogP contribution in [-0.4, -0.2) is 13.1 Å². The Balaban J connectivity index is 2.61. The molecule has 3 nitrogen and oxygen atoms in total. The van der Waals surface area contributed by atoms with Crippen molar-refractivity contribution in [2.24, 2.45) is 0 Å². The maximum Gasteiger partial charge on any atom is 0.417 e. The van der Waals surface area contributed by atoms with E-state index in [-0.39, 0.29) is 6.61 Å². The van der Waals surface area contributed by atoms with Crippen molar-refractivity contribution in [1.29, 1.82) is 0 Å². The Morgan fingerprint density at radius 2 is 2.31 bits per heavy atom. The molecule has 0 aliphatic carbocycles. The summed E-state index contributed by atoms with van der Waals surface area (Å²) in [7, 11) is 0. The van der Waals surface area contributed by atoms with Crippen LogP contribution in [0.1, 0.15) is 12.5 Å². The van der Waals surface area contributed by atoms with E-state index in [0.717, 1.165) is 11.3 Å². The summed E-state index contributed by atoms with van der Waals surface area (Å²) < 4.78 is 9.76. The molecule has 0 aliphatic rings. The highest BCUT2D eigenvalue weighted by Gasteiger charge is 1.96. The molecule has 3 heteroatoms. The second kappa shape index (κ2) is 5.19. The van der Waals surface area contributed by atoms with Crippen molar-refractivity contribution < 1.29 is 14.3 Å². The van der Waals surface area contributed by atoms with Gasteiger partial charge >= 0.3 is 6.47 Å². The molecular weight excluding hydrogens is 168 g/mol. The lowest BCUT2D eigenvalue weighted by Gasteiger charge is -2.04. The molecule has 0 heterocycles. The Labute approximate surface area is 77.3 Å². The van der Waals surface area contributed by atoms with Crippen LogP contribution in [0.15, 0.2) is 24.3 Å². The first kappa shape index (κ1) is 9.58. The lowest BCUT2D eigenvalue weighted by atomic mass is 10.2. The molecule has 0 bridgehead atoms. The number of hydrogen-bond acceptors (Lipinski definition) is 3. The van der Waals surface area contributed by atoms with Crippen LogP contribution < -0.4 is 4.74 Å². The molecule has 1 rings (SSSR count). The van der Waals surface area contributed by atoms with Gasteiger partial charge in [-0.2, -0.15) is 0 Å². The van der Waals surface area contributed by atoms with E-state index in [2.05, 4.69) is 4.74 Å². The van der Waals surface area contributed by atoms with Crippen molar-refractivity contribution >= 4 is 6.47 Å². The Kier molecular flexibility index (Phi) is 3.82. The number of benzene rings is 1. The minimum Gasteiger partial charge on any atom is -0.494 e. The van der Waals surface area contributed by atoms with Crippen LogP contribution in [0.25, 0.3) is 0 Å². The third-order valence-corrected chi connectivity index (χ3v) is 1.51. The smallest absolute Gasteiger partial charge is 0.417 e. The number of rotatable bonds is 5. The van der Waals surface area contributed by atoms with Crippen LogP contribution in [0.3, 0.4) is 0 Å². The fourth-order valence-corrected chi connectivity index (χ4v) is 1.00. The fraction of sp³-hybridized carbons (Fsp3) is 0.300. The number of ether oxygens (including phenoxy) is 2. The summed E-state index contributed by atoms with van der Waals surface area (Å²) in [6.07, 6.45) is 0. The summed E-state index contributed by atoms with van der Waals surface area (Å²) in [6.45, 7) is 4.17. The normalized spacial score (nSPS) is 9.31. The molecule has 1 radical (unpaired) electrons. The van der Waals surface area contributed by atoms with E-state index < -0.39 is 0 Å². The van der Waals surface area contributed by atoms with Gasteiger partial charge in [-0.25, -0.2) is 4.79 Å². The van der Waals surface area contributed by atoms with Crippen LogP contribution in [0, 0.1) is 0 Å². The quantitative estimate of drug-likeness (QED) is 0.689. The molecule has 0 N–H and O–H groups in total. The predicted octanol–water partition coefficient (Wildman–Crippen LogP) is 1.67. The molecule has 0 unspecified atom stereocenters. The van der Waals surface area contributed by atoms with Gasteiger partial charge < -0.3 is 9.47 Å². The lowest BCUT2D eigenvalue weighted by molar-refractivity contribution is 0.266. The SMILES string of the molecule is CCOc1cccc(CO[C]=O)c1. The zero-order valence-corrected chi connectivity index (χ0v) is 7.45. The van der Waals surface area contributed by atoms with E-state index in [1.165, 1.54) is 6.47 Å². The standard InChI is InChI=1S/C10H11O3/c1-2-13-10-5-3-4-9(6-10)7-12-8-11/h3-6H,2,7H2,1H3. The van der Waals surface area contributed by atoms with Gasteiger partial charge in [-0.1, -0.05) is 12.1 Å². The second-order valence-corrected chi connectivity index (χ2v) is 2.45. The molecule has 0 spiro atoms. The maximum absolute atomic E-state index is 9.81. The van der Waals surface area contributed by atoms with E-state index in [1.807, 2.05) is 31.2 Å². The second-order valence-electron chi connectivity index (χ2n) is 2.45. The van der Waals surface area contributed by atoms with Crippen LogP contribution >= 0.6 is 0 Å². The monoisotopic (exact) mass is 179 g/mol. The molecule has 0 atom stereocenters. The summed E-state index contributed by atoms with van der Waals surface area (Å²) in [6, 6.07) is 7.41. The Morgan fingerprint density at radius 1 is 1.46 bits per heavy atom.